The summed E-state index contributed by atoms with van der Waals surface area (Å²) in [6, 6.07) is 8.46. The van der Waals surface area contributed by atoms with Crippen LogP contribution in [-0.4, -0.2) is 49.0 Å². The van der Waals surface area contributed by atoms with E-state index < -0.39 is 5.91 Å². The summed E-state index contributed by atoms with van der Waals surface area (Å²) in [5.74, 6) is 0.371. The van der Waals surface area contributed by atoms with Gasteiger partial charge < -0.3 is 19.7 Å². The van der Waals surface area contributed by atoms with Gasteiger partial charge in [0.1, 0.15) is 5.70 Å². The third-order valence-electron chi connectivity index (χ3n) is 4.51. The summed E-state index contributed by atoms with van der Waals surface area (Å²) in [6.07, 6.45) is 6.87. The van der Waals surface area contributed by atoms with Crippen LogP contribution in [0.15, 0.2) is 48.4 Å². The SMILES string of the molecule is COc1ccc(C(=O)NC(=Cc2cccnc2)C(=O)N2CCCC2)cc1OC. The fraction of sp³-hybridized carbons (Fsp3) is 0.286. The number of pyridine rings is 1. The molecule has 146 valence electrons. The van der Waals surface area contributed by atoms with Gasteiger partial charge in [-0.15, -0.1) is 0 Å². The second-order valence-electron chi connectivity index (χ2n) is 6.37. The highest BCUT2D eigenvalue weighted by Gasteiger charge is 2.23. The number of ether oxygens (including phenoxy) is 2. The summed E-state index contributed by atoms with van der Waals surface area (Å²) in [5, 5.41) is 2.75. The Bertz CT molecular complexity index is 874. The average Bonchev–Trinajstić information content (AvgIpc) is 3.27. The van der Waals surface area contributed by atoms with E-state index in [-0.39, 0.29) is 11.6 Å². The Kier molecular flexibility index (Phi) is 6.26. The van der Waals surface area contributed by atoms with E-state index in [1.54, 1.807) is 47.6 Å². The van der Waals surface area contributed by atoms with E-state index in [9.17, 15) is 9.59 Å². The number of rotatable bonds is 6. The molecule has 1 aliphatic heterocycles. The number of methoxy groups -OCH3 is 2. The average molecular weight is 381 g/mol. The number of hydrogen-bond donors (Lipinski definition) is 1. The second-order valence-corrected chi connectivity index (χ2v) is 6.37. The number of aromatic nitrogens is 1. The van der Waals surface area contributed by atoms with Crippen LogP contribution in [0.25, 0.3) is 6.08 Å². The van der Waals surface area contributed by atoms with E-state index >= 15 is 0 Å². The van der Waals surface area contributed by atoms with E-state index in [4.69, 9.17) is 9.47 Å². The van der Waals surface area contributed by atoms with Crippen LogP contribution in [0.4, 0.5) is 0 Å². The predicted molar refractivity (Wildman–Crippen MR) is 105 cm³/mol. The van der Waals surface area contributed by atoms with E-state index in [0.717, 1.165) is 18.4 Å². The van der Waals surface area contributed by atoms with Gasteiger partial charge in [0.2, 0.25) is 0 Å². The van der Waals surface area contributed by atoms with Crippen molar-refractivity contribution in [1.82, 2.24) is 15.2 Å². The van der Waals surface area contributed by atoms with Crippen LogP contribution in [-0.2, 0) is 4.79 Å². The molecule has 3 rings (SSSR count). The number of benzene rings is 1. The van der Waals surface area contributed by atoms with Gasteiger partial charge in [-0.2, -0.15) is 0 Å². The lowest BCUT2D eigenvalue weighted by molar-refractivity contribution is -0.126. The maximum atomic E-state index is 12.9. The Morgan fingerprint density at radius 2 is 1.86 bits per heavy atom. The molecule has 1 N–H and O–H groups in total. The van der Waals surface area contributed by atoms with Gasteiger partial charge in [-0.1, -0.05) is 6.07 Å². The molecule has 0 spiro atoms. The third kappa shape index (κ3) is 4.49. The van der Waals surface area contributed by atoms with Gasteiger partial charge in [0, 0.05) is 31.0 Å². The molecule has 1 aromatic carbocycles. The van der Waals surface area contributed by atoms with Gasteiger partial charge in [0.15, 0.2) is 11.5 Å². The van der Waals surface area contributed by atoms with Gasteiger partial charge in [0.05, 0.1) is 14.2 Å². The van der Waals surface area contributed by atoms with E-state index in [2.05, 4.69) is 10.3 Å². The third-order valence-corrected chi connectivity index (χ3v) is 4.51. The zero-order valence-corrected chi connectivity index (χ0v) is 16.0. The van der Waals surface area contributed by atoms with Crippen molar-refractivity contribution in [3.63, 3.8) is 0 Å². The number of likely N-dealkylation sites (tertiary alicyclic amines) is 1. The van der Waals surface area contributed by atoms with Crippen molar-refractivity contribution < 1.29 is 19.1 Å². The fourth-order valence-corrected chi connectivity index (χ4v) is 3.04. The standard InChI is InChI=1S/C21H23N3O4/c1-27-18-8-7-16(13-19(18)28-2)20(25)23-17(12-15-6-5-9-22-14-15)21(26)24-10-3-4-11-24/h5-9,12-14H,3-4,10-11H2,1-2H3,(H,23,25). The molecule has 1 saturated heterocycles. The maximum absolute atomic E-state index is 12.9. The van der Waals surface area contributed by atoms with E-state index in [1.807, 2.05) is 6.07 Å². The first-order chi connectivity index (χ1) is 13.6. The van der Waals surface area contributed by atoms with Crippen molar-refractivity contribution in [3.05, 3.63) is 59.5 Å². The number of carbonyl (C=O) groups excluding carboxylic acids is 2. The summed E-state index contributed by atoms with van der Waals surface area (Å²) in [5.41, 5.74) is 1.32. The molecule has 0 bridgehead atoms. The molecule has 1 aliphatic rings. The summed E-state index contributed by atoms with van der Waals surface area (Å²) in [6.45, 7) is 1.38. The molecular formula is C21H23N3O4. The van der Waals surface area contributed by atoms with Crippen LogP contribution < -0.4 is 14.8 Å². The van der Waals surface area contributed by atoms with E-state index in [1.165, 1.54) is 14.2 Å². The van der Waals surface area contributed by atoms with Crippen molar-refractivity contribution >= 4 is 17.9 Å². The highest BCUT2D eigenvalue weighted by molar-refractivity contribution is 6.05. The first-order valence-corrected chi connectivity index (χ1v) is 9.06. The van der Waals surface area contributed by atoms with Crippen LogP contribution >= 0.6 is 0 Å². The van der Waals surface area contributed by atoms with Crippen LogP contribution in [0.1, 0.15) is 28.8 Å². The summed E-state index contributed by atoms with van der Waals surface area (Å²) in [4.78, 5) is 31.5. The predicted octanol–water partition coefficient (Wildman–Crippen LogP) is 2.49. The molecule has 2 amide bonds. The molecular weight excluding hydrogens is 358 g/mol. The Balaban J connectivity index is 1.87. The molecule has 0 atom stereocenters. The van der Waals surface area contributed by atoms with E-state index in [0.29, 0.717) is 30.2 Å². The Hall–Kier alpha value is -3.35. The molecule has 0 radical (unpaired) electrons. The monoisotopic (exact) mass is 381 g/mol. The zero-order chi connectivity index (χ0) is 19.9. The lowest BCUT2D eigenvalue weighted by atomic mass is 10.1. The number of nitrogens with one attached hydrogen (secondary N) is 1. The van der Waals surface area contributed by atoms with Gasteiger partial charge in [-0.05, 0) is 48.7 Å². The molecule has 7 heteroatoms. The fourth-order valence-electron chi connectivity index (χ4n) is 3.04. The first-order valence-electron chi connectivity index (χ1n) is 9.06. The van der Waals surface area contributed by atoms with Crippen LogP contribution in [0.3, 0.4) is 0 Å². The Labute approximate surface area is 164 Å². The summed E-state index contributed by atoms with van der Waals surface area (Å²) in [7, 11) is 3.03. The number of nitrogens with zero attached hydrogens (tertiary/aromatic N) is 2. The minimum Gasteiger partial charge on any atom is -0.493 e. The highest BCUT2D eigenvalue weighted by Crippen LogP contribution is 2.27. The Morgan fingerprint density at radius 1 is 1.11 bits per heavy atom. The van der Waals surface area contributed by atoms with Crippen LogP contribution in [0, 0.1) is 0 Å². The zero-order valence-electron chi connectivity index (χ0n) is 16.0. The highest BCUT2D eigenvalue weighted by atomic mass is 16.5. The molecule has 0 unspecified atom stereocenters. The number of carbonyl (C=O) groups is 2. The van der Waals surface area contributed by atoms with Gasteiger partial charge in [0.25, 0.3) is 11.8 Å². The molecule has 2 heterocycles. The lowest BCUT2D eigenvalue weighted by Crippen LogP contribution is -2.36. The maximum Gasteiger partial charge on any atom is 0.270 e. The molecule has 28 heavy (non-hydrogen) atoms. The Morgan fingerprint density at radius 3 is 2.50 bits per heavy atom. The molecule has 0 aliphatic carbocycles. The molecule has 1 aromatic heterocycles. The second kappa shape index (κ2) is 9.03. The molecule has 1 fully saturated rings. The molecule has 7 nitrogen and oxygen atoms in total. The normalized spacial score (nSPS) is 13.9. The number of hydrogen-bond acceptors (Lipinski definition) is 5. The van der Waals surface area contributed by atoms with Crippen molar-refractivity contribution in [3.8, 4) is 11.5 Å². The van der Waals surface area contributed by atoms with Crippen LogP contribution in [0.5, 0.6) is 11.5 Å². The largest absolute Gasteiger partial charge is 0.493 e. The molecule has 0 saturated carbocycles. The molecule has 2 aromatic rings. The summed E-state index contributed by atoms with van der Waals surface area (Å²) >= 11 is 0. The lowest BCUT2D eigenvalue weighted by Gasteiger charge is -2.18. The summed E-state index contributed by atoms with van der Waals surface area (Å²) < 4.78 is 10.5. The first kappa shape index (κ1) is 19.4. The van der Waals surface area contributed by atoms with Crippen molar-refractivity contribution in [2.24, 2.45) is 0 Å². The minimum absolute atomic E-state index is 0.199. The van der Waals surface area contributed by atoms with Gasteiger partial charge >= 0.3 is 0 Å². The number of amides is 2. The van der Waals surface area contributed by atoms with Crippen LogP contribution in [0.2, 0.25) is 0 Å². The minimum atomic E-state index is -0.399. The van der Waals surface area contributed by atoms with Crippen molar-refractivity contribution in [2.45, 2.75) is 12.8 Å². The topological polar surface area (TPSA) is 80.8 Å². The van der Waals surface area contributed by atoms with Gasteiger partial charge in [-0.25, -0.2) is 0 Å². The smallest absolute Gasteiger partial charge is 0.270 e. The van der Waals surface area contributed by atoms with Crippen molar-refractivity contribution in [2.75, 3.05) is 27.3 Å². The van der Waals surface area contributed by atoms with Gasteiger partial charge in [-0.3, -0.25) is 14.6 Å². The quantitative estimate of drug-likeness (QED) is 0.778. The van der Waals surface area contributed by atoms with Crippen molar-refractivity contribution in [1.29, 1.82) is 0 Å².